The van der Waals surface area contributed by atoms with E-state index in [9.17, 15) is 4.79 Å². The number of pyridine rings is 1. The highest BCUT2D eigenvalue weighted by atomic mass is 16.2. The van der Waals surface area contributed by atoms with Crippen molar-refractivity contribution in [3.63, 3.8) is 0 Å². The highest BCUT2D eigenvalue weighted by Crippen LogP contribution is 2.29. The van der Waals surface area contributed by atoms with Crippen LogP contribution >= 0.6 is 0 Å². The van der Waals surface area contributed by atoms with E-state index in [0.717, 1.165) is 67.6 Å². The summed E-state index contributed by atoms with van der Waals surface area (Å²) in [5.41, 5.74) is 4.64. The number of rotatable bonds is 6. The number of carbonyl (C=O) groups excluding carboxylic acids is 1. The van der Waals surface area contributed by atoms with Crippen LogP contribution in [0.25, 0.3) is 22.0 Å². The highest BCUT2D eigenvalue weighted by Gasteiger charge is 2.23. The Bertz CT molecular complexity index is 1130. The van der Waals surface area contributed by atoms with Gasteiger partial charge in [0.25, 0.3) is 5.91 Å². The van der Waals surface area contributed by atoms with Gasteiger partial charge in [-0.15, -0.1) is 0 Å². The maximum Gasteiger partial charge on any atom is 0.272 e. The van der Waals surface area contributed by atoms with E-state index in [1.54, 1.807) is 0 Å². The minimum atomic E-state index is -0.0918. The van der Waals surface area contributed by atoms with Crippen molar-refractivity contribution in [2.24, 2.45) is 5.92 Å². The summed E-state index contributed by atoms with van der Waals surface area (Å²) in [5.74, 6) is 0.581. The van der Waals surface area contributed by atoms with Gasteiger partial charge >= 0.3 is 0 Å². The Hall–Kier alpha value is -2.93. The number of fused-ring (bicyclic) bond motifs is 1. The first-order chi connectivity index (χ1) is 16.6. The summed E-state index contributed by atoms with van der Waals surface area (Å²) in [6.07, 6.45) is 9.61. The molecule has 2 aliphatic rings. The average molecular weight is 461 g/mol. The Kier molecular flexibility index (Phi) is 6.81. The van der Waals surface area contributed by atoms with E-state index in [4.69, 9.17) is 0 Å². The van der Waals surface area contributed by atoms with Gasteiger partial charge in [-0.1, -0.05) is 19.9 Å². The van der Waals surface area contributed by atoms with Crippen molar-refractivity contribution in [2.75, 3.05) is 37.6 Å². The number of hydrogen-bond donors (Lipinski definition) is 2. The molecule has 7 heteroatoms. The molecule has 180 valence electrons. The van der Waals surface area contributed by atoms with Crippen molar-refractivity contribution < 1.29 is 4.79 Å². The minimum Gasteiger partial charge on any atom is -0.370 e. The van der Waals surface area contributed by atoms with Crippen LogP contribution in [0.3, 0.4) is 0 Å². The summed E-state index contributed by atoms with van der Waals surface area (Å²) in [5, 5.41) is 11.5. The van der Waals surface area contributed by atoms with Gasteiger partial charge in [0, 0.05) is 55.9 Å². The molecule has 7 nitrogen and oxygen atoms in total. The lowest BCUT2D eigenvalue weighted by molar-refractivity contribution is 0.0904. The molecule has 0 radical (unpaired) electrons. The predicted octanol–water partition coefficient (Wildman–Crippen LogP) is 4.47. The molecule has 0 bridgehead atoms. The van der Waals surface area contributed by atoms with Crippen LogP contribution in [0.2, 0.25) is 0 Å². The molecule has 2 saturated heterocycles. The molecule has 5 rings (SSSR count). The monoisotopic (exact) mass is 460 g/mol. The molecule has 34 heavy (non-hydrogen) atoms. The second-order valence-corrected chi connectivity index (χ2v) is 10.3. The van der Waals surface area contributed by atoms with Gasteiger partial charge in [-0.25, -0.2) is 0 Å². The molecule has 2 aromatic heterocycles. The van der Waals surface area contributed by atoms with Crippen LogP contribution in [0.1, 0.15) is 56.4 Å². The van der Waals surface area contributed by atoms with Crippen molar-refractivity contribution in [3.05, 3.63) is 42.4 Å². The van der Waals surface area contributed by atoms with Crippen molar-refractivity contribution in [1.82, 2.24) is 25.4 Å². The zero-order valence-electron chi connectivity index (χ0n) is 20.4. The zero-order valence-corrected chi connectivity index (χ0v) is 20.4. The third-order valence-corrected chi connectivity index (χ3v) is 7.10. The number of H-pyrrole nitrogens is 1. The first-order valence-corrected chi connectivity index (χ1v) is 12.8. The molecule has 2 N–H and O–H groups in total. The zero-order chi connectivity index (χ0) is 23.5. The second-order valence-electron chi connectivity index (χ2n) is 10.3. The lowest BCUT2D eigenvalue weighted by Crippen LogP contribution is -2.45. The molecule has 0 atom stereocenters. The van der Waals surface area contributed by atoms with Gasteiger partial charge in [0.05, 0.1) is 17.4 Å². The molecule has 0 unspecified atom stereocenters. The van der Waals surface area contributed by atoms with Crippen molar-refractivity contribution in [3.8, 4) is 11.1 Å². The number of nitrogens with zero attached hydrogens (tertiary/aromatic N) is 4. The van der Waals surface area contributed by atoms with E-state index < -0.39 is 0 Å². The lowest BCUT2D eigenvalue weighted by Gasteiger charge is -2.33. The standard InChI is InChI=1S/C27H36N6O/c1-19(2)18-32-12-8-22(9-13-32)29-27(34)26-24-15-20(6-7-25(24)30-31-26)21-14-23(17-28-16-21)33-10-4-3-5-11-33/h6-7,14-17,19,22H,3-5,8-13,18H2,1-2H3,(H,29,34)(H,30,31). The Morgan fingerprint density at radius 2 is 1.85 bits per heavy atom. The van der Waals surface area contributed by atoms with Gasteiger partial charge in [0.1, 0.15) is 0 Å². The first-order valence-electron chi connectivity index (χ1n) is 12.8. The fraction of sp³-hybridized carbons (Fsp3) is 0.519. The van der Waals surface area contributed by atoms with Crippen LogP contribution in [0.5, 0.6) is 0 Å². The van der Waals surface area contributed by atoms with E-state index in [1.807, 2.05) is 18.5 Å². The van der Waals surface area contributed by atoms with E-state index in [1.165, 1.54) is 24.9 Å². The molecule has 1 amide bonds. The number of aromatic amines is 1. The Morgan fingerprint density at radius 3 is 2.62 bits per heavy atom. The number of likely N-dealkylation sites (tertiary alicyclic amines) is 1. The van der Waals surface area contributed by atoms with Gasteiger partial charge in [-0.05, 0) is 61.8 Å². The van der Waals surface area contributed by atoms with Crippen LogP contribution in [0, 0.1) is 5.92 Å². The molecule has 0 aliphatic carbocycles. The number of piperidine rings is 2. The number of carbonyl (C=O) groups is 1. The smallest absolute Gasteiger partial charge is 0.272 e. The van der Waals surface area contributed by atoms with E-state index in [2.05, 4.69) is 62.3 Å². The number of hydrogen-bond acceptors (Lipinski definition) is 5. The molecule has 2 aliphatic heterocycles. The Labute approximate surface area is 201 Å². The Morgan fingerprint density at radius 1 is 1.06 bits per heavy atom. The number of benzene rings is 1. The Balaban J connectivity index is 1.31. The van der Waals surface area contributed by atoms with Crippen molar-refractivity contribution in [2.45, 2.75) is 52.0 Å². The predicted molar refractivity (Wildman–Crippen MR) is 137 cm³/mol. The second kappa shape index (κ2) is 10.1. The minimum absolute atomic E-state index is 0.0918. The highest BCUT2D eigenvalue weighted by molar-refractivity contribution is 6.05. The molecule has 2 fully saturated rings. The van der Waals surface area contributed by atoms with Gasteiger partial charge in [0.15, 0.2) is 5.69 Å². The fourth-order valence-corrected chi connectivity index (χ4v) is 5.31. The third-order valence-electron chi connectivity index (χ3n) is 7.10. The average Bonchev–Trinajstić information content (AvgIpc) is 3.29. The summed E-state index contributed by atoms with van der Waals surface area (Å²) >= 11 is 0. The maximum atomic E-state index is 13.1. The van der Waals surface area contributed by atoms with E-state index >= 15 is 0 Å². The summed E-state index contributed by atoms with van der Waals surface area (Å²) in [4.78, 5) is 22.6. The summed E-state index contributed by atoms with van der Waals surface area (Å²) in [7, 11) is 0. The quantitative estimate of drug-likeness (QED) is 0.568. The van der Waals surface area contributed by atoms with E-state index in [-0.39, 0.29) is 11.9 Å². The molecule has 0 saturated carbocycles. The van der Waals surface area contributed by atoms with E-state index in [0.29, 0.717) is 11.6 Å². The van der Waals surface area contributed by atoms with Crippen LogP contribution in [-0.4, -0.2) is 64.8 Å². The number of aromatic nitrogens is 3. The summed E-state index contributed by atoms with van der Waals surface area (Å²) in [6, 6.07) is 8.56. The molecule has 1 aromatic carbocycles. The first kappa shape index (κ1) is 22.8. The number of nitrogens with one attached hydrogen (secondary N) is 2. The molecule has 0 spiro atoms. The van der Waals surface area contributed by atoms with Gasteiger partial charge in [-0.3, -0.25) is 14.9 Å². The lowest BCUT2D eigenvalue weighted by atomic mass is 10.0. The van der Waals surface area contributed by atoms with Gasteiger partial charge in [-0.2, -0.15) is 5.10 Å². The van der Waals surface area contributed by atoms with Gasteiger partial charge in [0.2, 0.25) is 0 Å². The summed E-state index contributed by atoms with van der Waals surface area (Å²) in [6.45, 7) is 9.89. The largest absolute Gasteiger partial charge is 0.370 e. The van der Waals surface area contributed by atoms with Crippen molar-refractivity contribution >= 4 is 22.5 Å². The van der Waals surface area contributed by atoms with Crippen molar-refractivity contribution in [1.29, 1.82) is 0 Å². The number of anilines is 1. The SMILES string of the molecule is CC(C)CN1CCC(NC(=O)c2n[nH]c3ccc(-c4cncc(N5CCCCC5)c4)cc23)CC1. The third kappa shape index (κ3) is 5.09. The van der Waals surface area contributed by atoms with Gasteiger partial charge < -0.3 is 15.1 Å². The molecule has 4 heterocycles. The maximum absolute atomic E-state index is 13.1. The topological polar surface area (TPSA) is 77.1 Å². The normalized spacial score (nSPS) is 18.0. The fourth-order valence-electron chi connectivity index (χ4n) is 5.31. The van der Waals surface area contributed by atoms with Crippen LogP contribution in [0.15, 0.2) is 36.7 Å². The van der Waals surface area contributed by atoms with Crippen LogP contribution < -0.4 is 10.2 Å². The molecular weight excluding hydrogens is 424 g/mol. The number of amides is 1. The summed E-state index contributed by atoms with van der Waals surface area (Å²) < 4.78 is 0. The van der Waals surface area contributed by atoms with Crippen LogP contribution in [-0.2, 0) is 0 Å². The molecule has 3 aromatic rings. The molecular formula is C27H36N6O. The van der Waals surface area contributed by atoms with Crippen LogP contribution in [0.4, 0.5) is 5.69 Å².